The van der Waals surface area contributed by atoms with E-state index in [1.54, 1.807) is 19.2 Å². The first-order valence-electron chi connectivity index (χ1n) is 5.53. The summed E-state index contributed by atoms with van der Waals surface area (Å²) in [4.78, 5) is 11.7. The van der Waals surface area contributed by atoms with Crippen LogP contribution in [0.25, 0.3) is 0 Å². The van der Waals surface area contributed by atoms with Gasteiger partial charge in [0.05, 0.1) is 19.3 Å². The number of carbonyl (C=O) groups excluding carboxylic acids is 1. The van der Waals surface area contributed by atoms with Crippen molar-refractivity contribution < 1.29 is 19.4 Å². The molecule has 0 radical (unpaired) electrons. The summed E-state index contributed by atoms with van der Waals surface area (Å²) in [6.07, 6.45) is 0.458. The highest BCUT2D eigenvalue weighted by Gasteiger charge is 2.11. The van der Waals surface area contributed by atoms with Gasteiger partial charge >= 0.3 is 5.97 Å². The Hall–Kier alpha value is -1.55. The predicted molar refractivity (Wildman–Crippen MR) is 64.5 cm³/mol. The monoisotopic (exact) mass is 238 g/mol. The Bertz CT molecular complexity index is 375. The smallest absolute Gasteiger partial charge is 0.338 e. The molecule has 1 N–H and O–H groups in total. The summed E-state index contributed by atoms with van der Waals surface area (Å²) in [6, 6.07) is 3.49. The molecule has 4 nitrogen and oxygen atoms in total. The molecule has 1 rings (SSSR count). The van der Waals surface area contributed by atoms with Crippen LogP contribution in [0.1, 0.15) is 27.9 Å². The average Bonchev–Trinajstić information content (AvgIpc) is 2.28. The van der Waals surface area contributed by atoms with E-state index in [2.05, 4.69) is 0 Å². The van der Waals surface area contributed by atoms with Crippen LogP contribution in [-0.2, 0) is 4.74 Å². The third kappa shape index (κ3) is 3.46. The molecule has 4 heteroatoms. The summed E-state index contributed by atoms with van der Waals surface area (Å²) in [6.45, 7) is 4.03. The Morgan fingerprint density at radius 3 is 2.35 bits per heavy atom. The quantitative estimate of drug-likeness (QED) is 0.628. The molecule has 0 aliphatic carbocycles. The van der Waals surface area contributed by atoms with Crippen LogP contribution in [0.15, 0.2) is 12.1 Å². The number of benzene rings is 1. The first-order chi connectivity index (χ1) is 8.10. The third-order valence-corrected chi connectivity index (χ3v) is 2.44. The van der Waals surface area contributed by atoms with Crippen molar-refractivity contribution in [3.8, 4) is 5.75 Å². The fraction of sp³-hybridized carbons (Fsp3) is 0.462. The number of hydrogen-bond acceptors (Lipinski definition) is 4. The molecule has 0 bridgehead atoms. The second-order valence-corrected chi connectivity index (χ2v) is 3.86. The van der Waals surface area contributed by atoms with Crippen LogP contribution in [0.3, 0.4) is 0 Å². The van der Waals surface area contributed by atoms with Crippen LogP contribution in [0.4, 0.5) is 0 Å². The van der Waals surface area contributed by atoms with Gasteiger partial charge in [-0.05, 0) is 37.1 Å². The maximum absolute atomic E-state index is 11.7. The summed E-state index contributed by atoms with van der Waals surface area (Å²) in [5.74, 6) is 0.421. The van der Waals surface area contributed by atoms with Crippen LogP contribution < -0.4 is 4.74 Å². The number of aliphatic hydroxyl groups is 1. The van der Waals surface area contributed by atoms with Gasteiger partial charge < -0.3 is 14.6 Å². The zero-order valence-electron chi connectivity index (χ0n) is 10.4. The van der Waals surface area contributed by atoms with E-state index < -0.39 is 0 Å². The Morgan fingerprint density at radius 1 is 1.29 bits per heavy atom. The number of carbonyl (C=O) groups is 1. The maximum Gasteiger partial charge on any atom is 0.338 e. The van der Waals surface area contributed by atoms with Crippen molar-refractivity contribution in [2.45, 2.75) is 20.3 Å². The molecule has 0 heterocycles. The molecule has 0 spiro atoms. The van der Waals surface area contributed by atoms with Crippen LogP contribution >= 0.6 is 0 Å². The van der Waals surface area contributed by atoms with E-state index in [1.165, 1.54) is 0 Å². The molecule has 1 aromatic rings. The van der Waals surface area contributed by atoms with E-state index in [-0.39, 0.29) is 19.2 Å². The van der Waals surface area contributed by atoms with Gasteiger partial charge in [-0.1, -0.05) is 0 Å². The average molecular weight is 238 g/mol. The van der Waals surface area contributed by atoms with Gasteiger partial charge in [0.1, 0.15) is 5.75 Å². The number of esters is 1. The first-order valence-corrected chi connectivity index (χ1v) is 5.53. The predicted octanol–water partition coefficient (Wildman–Crippen LogP) is 1.85. The summed E-state index contributed by atoms with van der Waals surface area (Å²) < 4.78 is 10.2. The molecule has 0 amide bonds. The highest BCUT2D eigenvalue weighted by atomic mass is 16.5. The van der Waals surface area contributed by atoms with Crippen LogP contribution in [0.5, 0.6) is 5.75 Å². The van der Waals surface area contributed by atoms with Gasteiger partial charge in [0, 0.05) is 13.0 Å². The van der Waals surface area contributed by atoms with Gasteiger partial charge in [-0.2, -0.15) is 0 Å². The van der Waals surface area contributed by atoms with Gasteiger partial charge in [0.2, 0.25) is 0 Å². The van der Waals surface area contributed by atoms with Crippen molar-refractivity contribution >= 4 is 5.97 Å². The third-order valence-electron chi connectivity index (χ3n) is 2.44. The minimum atomic E-state index is -0.368. The molecule has 1 aromatic carbocycles. The summed E-state index contributed by atoms with van der Waals surface area (Å²) in [7, 11) is 1.61. The van der Waals surface area contributed by atoms with E-state index in [0.29, 0.717) is 12.0 Å². The van der Waals surface area contributed by atoms with Crippen molar-refractivity contribution in [2.75, 3.05) is 20.3 Å². The Morgan fingerprint density at radius 2 is 1.88 bits per heavy atom. The van der Waals surface area contributed by atoms with Crippen molar-refractivity contribution in [1.82, 2.24) is 0 Å². The first kappa shape index (κ1) is 13.5. The number of methoxy groups -OCH3 is 1. The lowest BCUT2D eigenvalue weighted by atomic mass is 10.1. The molecular weight excluding hydrogens is 220 g/mol. The van der Waals surface area contributed by atoms with E-state index in [1.807, 2.05) is 13.8 Å². The summed E-state index contributed by atoms with van der Waals surface area (Å²) in [5, 5.41) is 8.60. The second kappa shape index (κ2) is 6.25. The zero-order valence-corrected chi connectivity index (χ0v) is 10.4. The lowest BCUT2D eigenvalue weighted by molar-refractivity contribution is 0.0482. The molecule has 0 fully saturated rings. The normalized spacial score (nSPS) is 10.1. The topological polar surface area (TPSA) is 55.8 Å². The number of aryl methyl sites for hydroxylation is 2. The highest BCUT2D eigenvalue weighted by molar-refractivity contribution is 5.90. The SMILES string of the molecule is COc1c(C)cc(C(=O)OCCCO)cc1C. The number of ether oxygens (including phenoxy) is 2. The largest absolute Gasteiger partial charge is 0.496 e. The van der Waals surface area contributed by atoms with Gasteiger partial charge in [-0.15, -0.1) is 0 Å². The Kier molecular flexibility index (Phi) is 4.97. The molecule has 0 aliphatic heterocycles. The number of aliphatic hydroxyl groups excluding tert-OH is 1. The van der Waals surface area contributed by atoms with E-state index >= 15 is 0 Å². The fourth-order valence-corrected chi connectivity index (χ4v) is 1.70. The highest BCUT2D eigenvalue weighted by Crippen LogP contribution is 2.24. The Labute approximate surface area is 101 Å². The van der Waals surface area contributed by atoms with Gasteiger partial charge in [0.25, 0.3) is 0 Å². The van der Waals surface area contributed by atoms with Crippen LogP contribution in [0, 0.1) is 13.8 Å². The van der Waals surface area contributed by atoms with Crippen LogP contribution in [-0.4, -0.2) is 31.4 Å². The molecule has 0 aromatic heterocycles. The molecule has 94 valence electrons. The van der Waals surface area contributed by atoms with Crippen molar-refractivity contribution in [3.63, 3.8) is 0 Å². The van der Waals surface area contributed by atoms with Crippen molar-refractivity contribution in [2.24, 2.45) is 0 Å². The zero-order chi connectivity index (χ0) is 12.8. The van der Waals surface area contributed by atoms with Gasteiger partial charge in [0.15, 0.2) is 0 Å². The van der Waals surface area contributed by atoms with E-state index in [0.717, 1.165) is 16.9 Å². The van der Waals surface area contributed by atoms with E-state index in [9.17, 15) is 4.79 Å². The van der Waals surface area contributed by atoms with Crippen molar-refractivity contribution in [1.29, 1.82) is 0 Å². The number of rotatable bonds is 5. The van der Waals surface area contributed by atoms with Crippen molar-refractivity contribution in [3.05, 3.63) is 28.8 Å². The minimum Gasteiger partial charge on any atom is -0.496 e. The standard InChI is InChI=1S/C13H18O4/c1-9-7-11(8-10(2)12(9)16-3)13(15)17-6-4-5-14/h7-8,14H,4-6H2,1-3H3. The summed E-state index contributed by atoms with van der Waals surface area (Å²) in [5.41, 5.74) is 2.32. The lowest BCUT2D eigenvalue weighted by Gasteiger charge is -2.11. The van der Waals surface area contributed by atoms with Gasteiger partial charge in [-0.25, -0.2) is 4.79 Å². The van der Waals surface area contributed by atoms with Gasteiger partial charge in [-0.3, -0.25) is 0 Å². The molecular formula is C13H18O4. The molecule has 0 saturated heterocycles. The Balaban J connectivity index is 2.81. The fourth-order valence-electron chi connectivity index (χ4n) is 1.70. The molecule has 0 saturated carbocycles. The van der Waals surface area contributed by atoms with E-state index in [4.69, 9.17) is 14.6 Å². The number of hydrogen-bond donors (Lipinski definition) is 1. The summed E-state index contributed by atoms with van der Waals surface area (Å²) >= 11 is 0. The second-order valence-electron chi connectivity index (χ2n) is 3.86. The molecule has 0 aliphatic rings. The lowest BCUT2D eigenvalue weighted by Crippen LogP contribution is -2.08. The molecule has 17 heavy (non-hydrogen) atoms. The van der Waals surface area contributed by atoms with Crippen LogP contribution in [0.2, 0.25) is 0 Å². The minimum absolute atomic E-state index is 0.0218. The maximum atomic E-state index is 11.7. The molecule has 0 atom stereocenters. The molecule has 0 unspecified atom stereocenters.